The van der Waals surface area contributed by atoms with E-state index < -0.39 is 0 Å². The van der Waals surface area contributed by atoms with Gasteiger partial charge in [0, 0.05) is 37.9 Å². The fourth-order valence-electron chi connectivity index (χ4n) is 1.97. The van der Waals surface area contributed by atoms with E-state index in [2.05, 4.69) is 47.0 Å². The lowest BCUT2D eigenvalue weighted by molar-refractivity contribution is 0.372. The van der Waals surface area contributed by atoms with E-state index in [0.29, 0.717) is 11.7 Å². The Kier molecular flexibility index (Phi) is 3.81. The summed E-state index contributed by atoms with van der Waals surface area (Å²) < 4.78 is 7.27. The SMILES string of the molecule is Cc1noc(CCNCc2cc(C)n(C)c2C)n1. The number of nitrogens with one attached hydrogen (secondary N) is 1. The summed E-state index contributed by atoms with van der Waals surface area (Å²) in [6.45, 7) is 7.81. The first kappa shape index (κ1) is 12.8. The van der Waals surface area contributed by atoms with E-state index in [0.717, 1.165) is 19.5 Å². The second-order valence-electron chi connectivity index (χ2n) is 4.62. The number of aromatic nitrogens is 3. The van der Waals surface area contributed by atoms with E-state index in [1.54, 1.807) is 0 Å². The molecule has 0 fully saturated rings. The zero-order valence-electron chi connectivity index (χ0n) is 11.4. The van der Waals surface area contributed by atoms with Crippen LogP contribution in [0.1, 0.15) is 28.7 Å². The van der Waals surface area contributed by atoms with Gasteiger partial charge < -0.3 is 14.4 Å². The van der Waals surface area contributed by atoms with Crippen LogP contribution in [-0.2, 0) is 20.0 Å². The lowest BCUT2D eigenvalue weighted by Crippen LogP contribution is -2.17. The van der Waals surface area contributed by atoms with Crippen LogP contribution in [0.2, 0.25) is 0 Å². The normalized spacial score (nSPS) is 11.1. The zero-order chi connectivity index (χ0) is 13.1. The number of hydrogen-bond acceptors (Lipinski definition) is 4. The fraction of sp³-hybridized carbons (Fsp3) is 0.538. The van der Waals surface area contributed by atoms with E-state index >= 15 is 0 Å². The Balaban J connectivity index is 1.80. The minimum atomic E-state index is 0.694. The van der Waals surface area contributed by atoms with Crippen LogP contribution in [0.25, 0.3) is 0 Å². The van der Waals surface area contributed by atoms with E-state index in [1.165, 1.54) is 17.0 Å². The molecule has 0 spiro atoms. The third-order valence-corrected chi connectivity index (χ3v) is 3.28. The third kappa shape index (κ3) is 2.79. The summed E-state index contributed by atoms with van der Waals surface area (Å²) in [5.41, 5.74) is 3.95. The predicted octanol–water partition coefficient (Wildman–Crippen LogP) is 1.67. The van der Waals surface area contributed by atoms with Gasteiger partial charge in [-0.2, -0.15) is 4.98 Å². The molecule has 5 nitrogen and oxygen atoms in total. The second-order valence-corrected chi connectivity index (χ2v) is 4.62. The van der Waals surface area contributed by atoms with Crippen molar-refractivity contribution >= 4 is 0 Å². The maximum Gasteiger partial charge on any atom is 0.227 e. The van der Waals surface area contributed by atoms with Gasteiger partial charge in [0.25, 0.3) is 0 Å². The van der Waals surface area contributed by atoms with Crippen molar-refractivity contribution in [1.82, 2.24) is 20.0 Å². The maximum absolute atomic E-state index is 5.06. The van der Waals surface area contributed by atoms with E-state index in [1.807, 2.05) is 6.92 Å². The largest absolute Gasteiger partial charge is 0.352 e. The van der Waals surface area contributed by atoms with Crippen LogP contribution >= 0.6 is 0 Å². The summed E-state index contributed by atoms with van der Waals surface area (Å²) in [7, 11) is 2.09. The Bertz CT molecular complexity index is 527. The van der Waals surface area contributed by atoms with Gasteiger partial charge in [-0.3, -0.25) is 0 Å². The van der Waals surface area contributed by atoms with Crippen molar-refractivity contribution < 1.29 is 4.52 Å². The van der Waals surface area contributed by atoms with Crippen LogP contribution in [0.15, 0.2) is 10.6 Å². The highest BCUT2D eigenvalue weighted by molar-refractivity contribution is 5.26. The van der Waals surface area contributed by atoms with E-state index in [4.69, 9.17) is 4.52 Å². The maximum atomic E-state index is 5.06. The van der Waals surface area contributed by atoms with Crippen molar-refractivity contribution in [3.63, 3.8) is 0 Å². The molecule has 0 aliphatic rings. The topological polar surface area (TPSA) is 55.9 Å². The molecule has 0 saturated carbocycles. The van der Waals surface area contributed by atoms with Crippen molar-refractivity contribution in [2.75, 3.05) is 6.54 Å². The average Bonchev–Trinajstić information content (AvgIpc) is 2.85. The smallest absolute Gasteiger partial charge is 0.227 e. The van der Waals surface area contributed by atoms with E-state index in [-0.39, 0.29) is 0 Å². The molecule has 0 bridgehead atoms. The first-order valence-electron chi connectivity index (χ1n) is 6.19. The summed E-state index contributed by atoms with van der Waals surface area (Å²) in [5.74, 6) is 1.39. The Morgan fingerprint density at radius 3 is 2.67 bits per heavy atom. The van der Waals surface area contributed by atoms with Gasteiger partial charge in [-0.1, -0.05) is 5.16 Å². The van der Waals surface area contributed by atoms with Crippen LogP contribution < -0.4 is 5.32 Å². The first-order chi connectivity index (χ1) is 8.58. The first-order valence-corrected chi connectivity index (χ1v) is 6.19. The second kappa shape index (κ2) is 5.35. The van der Waals surface area contributed by atoms with Crippen LogP contribution in [0.3, 0.4) is 0 Å². The van der Waals surface area contributed by atoms with Gasteiger partial charge >= 0.3 is 0 Å². The van der Waals surface area contributed by atoms with Crippen LogP contribution in [0, 0.1) is 20.8 Å². The molecular formula is C13H20N4O. The number of rotatable bonds is 5. The molecular weight excluding hydrogens is 228 g/mol. The molecule has 2 rings (SSSR count). The van der Waals surface area contributed by atoms with Gasteiger partial charge in [-0.15, -0.1) is 0 Å². The predicted molar refractivity (Wildman–Crippen MR) is 69.3 cm³/mol. The van der Waals surface area contributed by atoms with Gasteiger partial charge in [0.05, 0.1) is 0 Å². The fourth-order valence-corrected chi connectivity index (χ4v) is 1.97. The summed E-state index contributed by atoms with van der Waals surface area (Å²) in [6.07, 6.45) is 0.770. The molecule has 1 N–H and O–H groups in total. The molecule has 5 heteroatoms. The summed E-state index contributed by atoms with van der Waals surface area (Å²) in [6, 6.07) is 2.22. The summed E-state index contributed by atoms with van der Waals surface area (Å²) in [5, 5.41) is 7.17. The van der Waals surface area contributed by atoms with Gasteiger partial charge in [-0.25, -0.2) is 0 Å². The standard InChI is InChI=1S/C13H20N4O/c1-9-7-12(10(2)17(9)4)8-14-6-5-13-15-11(3)16-18-13/h7,14H,5-6,8H2,1-4H3. The Labute approximate surface area is 107 Å². The Morgan fingerprint density at radius 1 is 1.33 bits per heavy atom. The number of nitrogens with zero attached hydrogens (tertiary/aromatic N) is 3. The highest BCUT2D eigenvalue weighted by Gasteiger charge is 2.06. The van der Waals surface area contributed by atoms with Gasteiger partial charge in [-0.05, 0) is 32.4 Å². The quantitative estimate of drug-likeness (QED) is 0.818. The van der Waals surface area contributed by atoms with Crippen molar-refractivity contribution in [2.24, 2.45) is 7.05 Å². The summed E-state index contributed by atoms with van der Waals surface area (Å²) in [4.78, 5) is 4.17. The molecule has 0 saturated heterocycles. The lowest BCUT2D eigenvalue weighted by atomic mass is 10.2. The monoisotopic (exact) mass is 248 g/mol. The number of aryl methyl sites for hydroxylation is 2. The molecule has 2 aromatic rings. The van der Waals surface area contributed by atoms with Gasteiger partial charge in [0.15, 0.2) is 5.82 Å². The Hall–Kier alpha value is -1.62. The van der Waals surface area contributed by atoms with E-state index in [9.17, 15) is 0 Å². The van der Waals surface area contributed by atoms with Crippen LogP contribution in [-0.4, -0.2) is 21.3 Å². The molecule has 0 aliphatic carbocycles. The minimum absolute atomic E-state index is 0.694. The molecule has 0 aromatic carbocycles. The molecule has 2 aromatic heterocycles. The molecule has 0 aliphatic heterocycles. The molecule has 98 valence electrons. The molecule has 0 atom stereocenters. The van der Waals surface area contributed by atoms with Crippen LogP contribution in [0.4, 0.5) is 0 Å². The van der Waals surface area contributed by atoms with Gasteiger partial charge in [0.1, 0.15) is 0 Å². The van der Waals surface area contributed by atoms with Gasteiger partial charge in [0.2, 0.25) is 5.89 Å². The molecule has 2 heterocycles. The molecule has 0 radical (unpaired) electrons. The minimum Gasteiger partial charge on any atom is -0.352 e. The Morgan fingerprint density at radius 2 is 2.11 bits per heavy atom. The molecule has 0 amide bonds. The van der Waals surface area contributed by atoms with Crippen molar-refractivity contribution in [3.05, 3.63) is 34.7 Å². The highest BCUT2D eigenvalue weighted by atomic mass is 16.5. The summed E-state index contributed by atoms with van der Waals surface area (Å²) >= 11 is 0. The third-order valence-electron chi connectivity index (χ3n) is 3.28. The number of hydrogen-bond donors (Lipinski definition) is 1. The zero-order valence-corrected chi connectivity index (χ0v) is 11.4. The van der Waals surface area contributed by atoms with Crippen molar-refractivity contribution in [1.29, 1.82) is 0 Å². The van der Waals surface area contributed by atoms with Crippen molar-refractivity contribution in [2.45, 2.75) is 33.7 Å². The average molecular weight is 248 g/mol. The van der Waals surface area contributed by atoms with Crippen LogP contribution in [0.5, 0.6) is 0 Å². The highest BCUT2D eigenvalue weighted by Crippen LogP contribution is 2.12. The molecule has 0 unspecified atom stereocenters. The molecule has 18 heavy (non-hydrogen) atoms. The lowest BCUT2D eigenvalue weighted by Gasteiger charge is -2.04. The van der Waals surface area contributed by atoms with Crippen molar-refractivity contribution in [3.8, 4) is 0 Å².